The highest BCUT2D eigenvalue weighted by atomic mass is 32.2. The summed E-state index contributed by atoms with van der Waals surface area (Å²) in [4.78, 5) is 24.5. The standard InChI is InChI=1S/C22H26N4OS/c1-14-4-3-5-18(15(14)2)24-21(27)17-8-6-16(7-9-17)13-28-22-25-19-10-11-23-12-20(19)26-22/h6-12,14-15,18H,3-5,13H2,1-2H3,(H,24,27)(H,25,26)/t14-,15-,18+/m1/s1. The topological polar surface area (TPSA) is 70.7 Å². The van der Waals surface area contributed by atoms with E-state index in [1.54, 1.807) is 24.2 Å². The highest BCUT2D eigenvalue weighted by molar-refractivity contribution is 7.98. The second kappa shape index (κ2) is 8.35. The van der Waals surface area contributed by atoms with Crippen molar-refractivity contribution in [3.63, 3.8) is 0 Å². The average molecular weight is 395 g/mol. The number of nitrogens with zero attached hydrogens (tertiary/aromatic N) is 2. The maximum Gasteiger partial charge on any atom is 0.251 e. The minimum atomic E-state index is 0.0370. The molecule has 2 aromatic heterocycles. The third kappa shape index (κ3) is 4.22. The molecule has 0 bridgehead atoms. The largest absolute Gasteiger partial charge is 0.349 e. The lowest BCUT2D eigenvalue weighted by Gasteiger charge is -2.34. The van der Waals surface area contributed by atoms with Gasteiger partial charge >= 0.3 is 0 Å². The third-order valence-corrected chi connectivity index (χ3v) is 6.82. The van der Waals surface area contributed by atoms with Gasteiger partial charge in [0.05, 0.1) is 17.2 Å². The molecule has 0 radical (unpaired) electrons. The summed E-state index contributed by atoms with van der Waals surface area (Å²) < 4.78 is 0. The number of fused-ring (bicyclic) bond motifs is 1. The van der Waals surface area contributed by atoms with Gasteiger partial charge in [0.25, 0.3) is 5.91 Å². The highest BCUT2D eigenvalue weighted by Crippen LogP contribution is 2.29. The Balaban J connectivity index is 1.34. The van der Waals surface area contributed by atoms with Gasteiger partial charge in [-0.2, -0.15) is 0 Å². The van der Waals surface area contributed by atoms with Crippen molar-refractivity contribution >= 4 is 28.7 Å². The first-order valence-corrected chi connectivity index (χ1v) is 10.9. The van der Waals surface area contributed by atoms with Crippen molar-refractivity contribution in [2.24, 2.45) is 11.8 Å². The van der Waals surface area contributed by atoms with E-state index in [4.69, 9.17) is 0 Å². The molecule has 1 fully saturated rings. The molecule has 2 N–H and O–H groups in total. The number of aromatic nitrogens is 3. The van der Waals surface area contributed by atoms with Crippen LogP contribution in [0.25, 0.3) is 11.0 Å². The summed E-state index contributed by atoms with van der Waals surface area (Å²) in [6.07, 6.45) is 7.08. The zero-order valence-electron chi connectivity index (χ0n) is 16.3. The van der Waals surface area contributed by atoms with E-state index >= 15 is 0 Å². The lowest BCUT2D eigenvalue weighted by Crippen LogP contribution is -2.43. The number of amides is 1. The predicted molar refractivity (Wildman–Crippen MR) is 113 cm³/mol. The fourth-order valence-electron chi connectivity index (χ4n) is 3.84. The lowest BCUT2D eigenvalue weighted by atomic mass is 9.78. The van der Waals surface area contributed by atoms with Crippen molar-refractivity contribution in [3.05, 3.63) is 53.9 Å². The van der Waals surface area contributed by atoms with Crippen molar-refractivity contribution in [2.45, 2.75) is 50.1 Å². The summed E-state index contributed by atoms with van der Waals surface area (Å²) in [6.45, 7) is 4.54. The van der Waals surface area contributed by atoms with E-state index in [-0.39, 0.29) is 11.9 Å². The fraction of sp³-hybridized carbons (Fsp3) is 0.409. The van der Waals surface area contributed by atoms with Gasteiger partial charge < -0.3 is 10.3 Å². The third-order valence-electron chi connectivity index (χ3n) is 5.88. The first kappa shape index (κ1) is 19.0. The molecule has 0 aliphatic heterocycles. The number of carbonyl (C=O) groups is 1. The van der Waals surface area contributed by atoms with E-state index < -0.39 is 0 Å². The van der Waals surface area contributed by atoms with Gasteiger partial charge in [0.1, 0.15) is 0 Å². The summed E-state index contributed by atoms with van der Waals surface area (Å²) in [5.74, 6) is 2.04. The summed E-state index contributed by atoms with van der Waals surface area (Å²) in [5.41, 5.74) is 3.77. The predicted octanol–water partition coefficient (Wildman–Crippen LogP) is 4.80. The molecule has 0 spiro atoms. The van der Waals surface area contributed by atoms with Crippen LogP contribution in [0.15, 0.2) is 47.9 Å². The van der Waals surface area contributed by atoms with Crippen molar-refractivity contribution in [1.82, 2.24) is 20.3 Å². The van der Waals surface area contributed by atoms with Gasteiger partial charge in [-0.25, -0.2) is 4.98 Å². The van der Waals surface area contributed by atoms with Crippen molar-refractivity contribution in [3.8, 4) is 0 Å². The molecule has 1 aliphatic carbocycles. The first-order chi connectivity index (χ1) is 13.6. The van der Waals surface area contributed by atoms with E-state index in [9.17, 15) is 4.79 Å². The quantitative estimate of drug-likeness (QED) is 0.610. The molecule has 4 rings (SSSR count). The number of nitrogens with one attached hydrogen (secondary N) is 2. The normalized spacial score (nSPS) is 22.3. The maximum absolute atomic E-state index is 12.6. The Morgan fingerprint density at radius 2 is 2.04 bits per heavy atom. The number of thioether (sulfide) groups is 1. The lowest BCUT2D eigenvalue weighted by molar-refractivity contribution is 0.0891. The van der Waals surface area contributed by atoms with Crippen LogP contribution in [0.3, 0.4) is 0 Å². The van der Waals surface area contributed by atoms with Crippen LogP contribution in [0.1, 0.15) is 49.0 Å². The second-order valence-electron chi connectivity index (χ2n) is 7.77. The Morgan fingerprint density at radius 3 is 2.82 bits per heavy atom. The molecule has 1 aromatic carbocycles. The molecule has 146 valence electrons. The van der Waals surface area contributed by atoms with Crippen LogP contribution in [0.2, 0.25) is 0 Å². The Hall–Kier alpha value is -2.34. The molecular weight excluding hydrogens is 368 g/mol. The number of rotatable bonds is 5. The number of aromatic amines is 1. The second-order valence-corrected chi connectivity index (χ2v) is 8.73. The van der Waals surface area contributed by atoms with Gasteiger partial charge in [0, 0.05) is 23.6 Å². The number of carbonyl (C=O) groups excluding carboxylic acids is 1. The molecule has 3 atom stereocenters. The molecule has 3 aromatic rings. The number of pyridine rings is 1. The van der Waals surface area contributed by atoms with Crippen LogP contribution in [-0.2, 0) is 5.75 Å². The molecule has 1 aliphatic rings. The summed E-state index contributed by atoms with van der Waals surface area (Å²) in [5, 5.41) is 4.12. The van der Waals surface area contributed by atoms with Gasteiger partial charge in [-0.1, -0.05) is 50.6 Å². The molecule has 6 heteroatoms. The molecule has 1 saturated carbocycles. The van der Waals surface area contributed by atoms with Gasteiger partial charge in [0.15, 0.2) is 5.16 Å². The van der Waals surface area contributed by atoms with Crippen LogP contribution >= 0.6 is 11.8 Å². The molecule has 0 saturated heterocycles. The minimum Gasteiger partial charge on any atom is -0.349 e. The van der Waals surface area contributed by atoms with E-state index in [1.807, 2.05) is 30.3 Å². The number of hydrogen-bond donors (Lipinski definition) is 2. The Labute approximate surface area is 169 Å². The van der Waals surface area contributed by atoms with Gasteiger partial charge in [-0.15, -0.1) is 0 Å². The van der Waals surface area contributed by atoms with Crippen LogP contribution in [0, 0.1) is 11.8 Å². The highest BCUT2D eigenvalue weighted by Gasteiger charge is 2.28. The number of benzene rings is 1. The monoisotopic (exact) mass is 394 g/mol. The van der Waals surface area contributed by atoms with E-state index in [0.717, 1.165) is 33.9 Å². The van der Waals surface area contributed by atoms with Crippen LogP contribution in [0.4, 0.5) is 0 Å². The maximum atomic E-state index is 12.6. The van der Waals surface area contributed by atoms with Crippen LogP contribution in [0.5, 0.6) is 0 Å². The Bertz CT molecular complexity index is 920. The first-order valence-electron chi connectivity index (χ1n) is 9.92. The average Bonchev–Trinajstić information content (AvgIpc) is 3.13. The molecule has 2 heterocycles. The molecule has 0 unspecified atom stereocenters. The van der Waals surface area contributed by atoms with E-state index in [0.29, 0.717) is 11.8 Å². The smallest absolute Gasteiger partial charge is 0.251 e. The van der Waals surface area contributed by atoms with Crippen LogP contribution in [-0.4, -0.2) is 26.9 Å². The zero-order chi connectivity index (χ0) is 19.5. The molecule has 28 heavy (non-hydrogen) atoms. The van der Waals surface area contributed by atoms with Crippen molar-refractivity contribution < 1.29 is 4.79 Å². The van der Waals surface area contributed by atoms with E-state index in [2.05, 4.69) is 34.1 Å². The molecule has 1 amide bonds. The number of imidazole rings is 1. The van der Waals surface area contributed by atoms with Gasteiger partial charge in [-0.3, -0.25) is 9.78 Å². The molecular formula is C22H26N4OS. The van der Waals surface area contributed by atoms with Gasteiger partial charge in [-0.05, 0) is 42.0 Å². The Morgan fingerprint density at radius 1 is 1.21 bits per heavy atom. The summed E-state index contributed by atoms with van der Waals surface area (Å²) in [7, 11) is 0. The minimum absolute atomic E-state index is 0.0370. The van der Waals surface area contributed by atoms with Crippen LogP contribution < -0.4 is 5.32 Å². The summed E-state index contributed by atoms with van der Waals surface area (Å²) >= 11 is 1.65. The fourth-order valence-corrected chi connectivity index (χ4v) is 4.68. The summed E-state index contributed by atoms with van der Waals surface area (Å²) in [6, 6.07) is 10.1. The SMILES string of the molecule is C[C@@H]1[C@H](C)CCC[C@@H]1NC(=O)c1ccc(CSc2nc3ccncc3[nH]2)cc1. The van der Waals surface area contributed by atoms with Crippen molar-refractivity contribution in [1.29, 1.82) is 0 Å². The zero-order valence-corrected chi connectivity index (χ0v) is 17.1. The van der Waals surface area contributed by atoms with Crippen molar-refractivity contribution in [2.75, 3.05) is 0 Å². The number of H-pyrrole nitrogens is 1. The molecule has 5 nitrogen and oxygen atoms in total. The number of hydrogen-bond acceptors (Lipinski definition) is 4. The Kier molecular flexibility index (Phi) is 5.67. The van der Waals surface area contributed by atoms with Gasteiger partial charge in [0.2, 0.25) is 0 Å². The van der Waals surface area contributed by atoms with E-state index in [1.165, 1.54) is 18.4 Å².